The number of hydrogen-bond acceptors (Lipinski definition) is 6. The van der Waals surface area contributed by atoms with Gasteiger partial charge in [-0.2, -0.15) is 9.79 Å². The van der Waals surface area contributed by atoms with Crippen molar-refractivity contribution in [3.8, 4) is 0 Å². The van der Waals surface area contributed by atoms with Crippen molar-refractivity contribution in [2.24, 2.45) is 21.5 Å². The van der Waals surface area contributed by atoms with Crippen LogP contribution in [0.2, 0.25) is 0 Å². The van der Waals surface area contributed by atoms with Crippen LogP contribution in [0.5, 0.6) is 0 Å². The first-order valence-electron chi connectivity index (χ1n) is 7.61. The van der Waals surface area contributed by atoms with E-state index in [0.717, 1.165) is 20.9 Å². The number of nitrogens with zero attached hydrogens (tertiary/aromatic N) is 2. The van der Waals surface area contributed by atoms with E-state index in [9.17, 15) is 0 Å². The van der Waals surface area contributed by atoms with Gasteiger partial charge in [-0.15, -0.1) is 0 Å². The van der Waals surface area contributed by atoms with Crippen LogP contribution in [0.3, 0.4) is 0 Å². The van der Waals surface area contributed by atoms with Gasteiger partial charge >= 0.3 is 17.1 Å². The summed E-state index contributed by atoms with van der Waals surface area (Å²) < 4.78 is 0. The van der Waals surface area contributed by atoms with Gasteiger partial charge in [-0.25, -0.2) is 0 Å². The van der Waals surface area contributed by atoms with Gasteiger partial charge in [0.05, 0.1) is 13.1 Å². The standard InChI is InChI=1S/2C9H12N2S.Fe/c2*10-5-6-11-7-8-3-1-2-4-9(8)12;/h2*1-4,7,12H,5-6,10H2;/q;;+5/p-2. The van der Waals surface area contributed by atoms with E-state index in [4.69, 9.17) is 36.7 Å². The van der Waals surface area contributed by atoms with Gasteiger partial charge < -0.3 is 36.7 Å². The zero-order chi connectivity index (χ0) is 17.6. The Morgan fingerprint density at radius 2 is 1.08 bits per heavy atom. The molecule has 0 saturated heterocycles. The first kappa shape index (κ1) is 23.7. The second-order valence-corrected chi connectivity index (χ2v) is 5.60. The first-order chi connectivity index (χ1) is 11.7. The van der Waals surface area contributed by atoms with Crippen molar-refractivity contribution < 1.29 is 17.1 Å². The second-order valence-electron chi connectivity index (χ2n) is 4.72. The van der Waals surface area contributed by atoms with Crippen molar-refractivity contribution in [2.45, 2.75) is 9.79 Å². The van der Waals surface area contributed by atoms with Crippen LogP contribution in [0.25, 0.3) is 0 Å². The third-order valence-corrected chi connectivity index (χ3v) is 3.56. The van der Waals surface area contributed by atoms with E-state index in [0.29, 0.717) is 26.2 Å². The van der Waals surface area contributed by atoms with E-state index in [1.807, 2.05) is 48.5 Å². The summed E-state index contributed by atoms with van der Waals surface area (Å²) >= 11 is 10.2. The molecule has 0 bridgehead atoms. The molecule has 0 aliphatic heterocycles. The van der Waals surface area contributed by atoms with Crippen LogP contribution in [0.4, 0.5) is 0 Å². The summed E-state index contributed by atoms with van der Waals surface area (Å²) in [6.07, 6.45) is 3.55. The largest absolute Gasteiger partial charge is 5.00 e. The van der Waals surface area contributed by atoms with E-state index in [1.165, 1.54) is 0 Å². The fraction of sp³-hybridized carbons (Fsp3) is 0.222. The van der Waals surface area contributed by atoms with Gasteiger partial charge in [0.1, 0.15) is 0 Å². The molecule has 0 saturated carbocycles. The van der Waals surface area contributed by atoms with Crippen LogP contribution in [0.1, 0.15) is 11.1 Å². The monoisotopic (exact) mass is 414 g/mol. The van der Waals surface area contributed by atoms with Crippen molar-refractivity contribution in [2.75, 3.05) is 26.2 Å². The Morgan fingerprint density at radius 3 is 1.40 bits per heavy atom. The molecule has 0 amide bonds. The number of hydrogen-bond donors (Lipinski definition) is 2. The molecule has 7 heteroatoms. The van der Waals surface area contributed by atoms with Gasteiger partial charge in [0.25, 0.3) is 0 Å². The summed E-state index contributed by atoms with van der Waals surface area (Å²) in [4.78, 5) is 9.87. The van der Waals surface area contributed by atoms with E-state index < -0.39 is 0 Å². The molecule has 4 nitrogen and oxygen atoms in total. The van der Waals surface area contributed by atoms with Crippen LogP contribution in [0, 0.1) is 0 Å². The average Bonchev–Trinajstić information content (AvgIpc) is 2.59. The fourth-order valence-electron chi connectivity index (χ4n) is 1.65. The molecule has 0 unspecified atom stereocenters. The molecule has 1 radical (unpaired) electrons. The Bertz CT molecular complexity index is 606. The zero-order valence-electron chi connectivity index (χ0n) is 13.8. The van der Waals surface area contributed by atoms with E-state index >= 15 is 0 Å². The molecular weight excluding hydrogens is 392 g/mol. The average molecular weight is 414 g/mol. The van der Waals surface area contributed by atoms with Gasteiger partial charge in [0, 0.05) is 25.5 Å². The van der Waals surface area contributed by atoms with Crippen LogP contribution >= 0.6 is 0 Å². The van der Waals surface area contributed by atoms with E-state index in [1.54, 1.807) is 12.4 Å². The van der Waals surface area contributed by atoms with E-state index in [-0.39, 0.29) is 17.1 Å². The normalized spacial score (nSPS) is 10.3. The molecule has 4 N–H and O–H groups in total. The minimum atomic E-state index is 0. The predicted octanol–water partition coefficient (Wildman–Crippen LogP) is 1.94. The molecule has 0 atom stereocenters. The molecule has 0 aliphatic carbocycles. The number of rotatable bonds is 6. The Labute approximate surface area is 171 Å². The Kier molecular flexibility index (Phi) is 14.2. The van der Waals surface area contributed by atoms with Gasteiger partial charge in [-0.3, -0.25) is 9.98 Å². The van der Waals surface area contributed by atoms with Crippen molar-refractivity contribution >= 4 is 37.7 Å². The summed E-state index contributed by atoms with van der Waals surface area (Å²) in [5.41, 5.74) is 12.6. The minimum absolute atomic E-state index is 0. The van der Waals surface area contributed by atoms with Gasteiger partial charge in [0.15, 0.2) is 0 Å². The maximum atomic E-state index is 5.29. The molecule has 0 aromatic heterocycles. The third-order valence-electron chi connectivity index (χ3n) is 2.82. The molecule has 0 heterocycles. The quantitative estimate of drug-likeness (QED) is 0.430. The maximum Gasteiger partial charge on any atom is 5.00 e. The molecular formula is C18H22FeN4S2+3. The predicted molar refractivity (Wildman–Crippen MR) is 107 cm³/mol. The summed E-state index contributed by atoms with van der Waals surface area (Å²) in [7, 11) is 0. The number of aliphatic imine (C=N–C) groups is 2. The first-order valence-corrected chi connectivity index (χ1v) is 8.42. The molecule has 131 valence electrons. The van der Waals surface area contributed by atoms with Crippen LogP contribution in [-0.2, 0) is 42.3 Å². The van der Waals surface area contributed by atoms with Crippen molar-refractivity contribution in [1.82, 2.24) is 0 Å². The summed E-state index contributed by atoms with van der Waals surface area (Å²) in [5.74, 6) is 0. The van der Waals surface area contributed by atoms with Crippen molar-refractivity contribution in [3.05, 3.63) is 59.7 Å². The fourth-order valence-corrected chi connectivity index (χ4v) is 2.05. The van der Waals surface area contributed by atoms with Crippen molar-refractivity contribution in [1.29, 1.82) is 0 Å². The van der Waals surface area contributed by atoms with Gasteiger partial charge in [-0.05, 0) is 11.1 Å². The number of nitrogens with two attached hydrogens (primary N) is 2. The SMILES string of the molecule is NCCN=Cc1ccccc1[S-].NCCN=Cc1ccccc1[S-].[Fe+5]. The Balaban J connectivity index is 0.000000443. The summed E-state index contributed by atoms with van der Waals surface area (Å²) in [6.45, 7) is 2.47. The third kappa shape index (κ3) is 10.3. The Morgan fingerprint density at radius 1 is 0.720 bits per heavy atom. The molecule has 25 heavy (non-hydrogen) atoms. The maximum absolute atomic E-state index is 5.29. The van der Waals surface area contributed by atoms with E-state index in [2.05, 4.69) is 9.98 Å². The molecule has 2 rings (SSSR count). The Hall–Kier alpha value is -1.34. The van der Waals surface area contributed by atoms with Crippen molar-refractivity contribution in [3.63, 3.8) is 0 Å². The minimum Gasteiger partial charge on any atom is -0.779 e. The van der Waals surface area contributed by atoms with Gasteiger partial charge in [0.2, 0.25) is 0 Å². The summed E-state index contributed by atoms with van der Waals surface area (Å²) in [5, 5.41) is 0. The molecule has 0 aliphatic rings. The summed E-state index contributed by atoms with van der Waals surface area (Å²) in [6, 6.07) is 15.4. The smallest absolute Gasteiger partial charge is 0.779 e. The van der Waals surface area contributed by atoms with Crippen LogP contribution < -0.4 is 11.5 Å². The zero-order valence-corrected chi connectivity index (χ0v) is 16.6. The van der Waals surface area contributed by atoms with Crippen LogP contribution in [-0.4, -0.2) is 38.6 Å². The number of benzene rings is 2. The topological polar surface area (TPSA) is 76.8 Å². The van der Waals surface area contributed by atoms with Gasteiger partial charge in [-0.1, -0.05) is 48.5 Å². The molecule has 2 aromatic rings. The van der Waals surface area contributed by atoms with Crippen LogP contribution in [0.15, 0.2) is 68.3 Å². The molecule has 0 spiro atoms. The second kappa shape index (κ2) is 15.0. The molecule has 2 aromatic carbocycles. The molecule has 0 fully saturated rings.